The smallest absolute Gasteiger partial charge is 0.306 e. The first kappa shape index (κ1) is 71.0. The first-order valence-corrected chi connectivity index (χ1v) is 32.4. The molecule has 0 saturated carbocycles. The number of ether oxygens (including phenoxy) is 1. The number of rotatable bonds is 56. The van der Waals surface area contributed by atoms with E-state index in [1.54, 1.807) is 0 Å². The van der Waals surface area contributed by atoms with Gasteiger partial charge in [0.25, 0.3) is 7.82 Å². The number of nitrogens with one attached hydrogen (secondary N) is 1. The summed E-state index contributed by atoms with van der Waals surface area (Å²) in [5, 5.41) is 3.03. The minimum absolute atomic E-state index is 0.0233. The van der Waals surface area contributed by atoms with Crippen molar-refractivity contribution in [2.75, 3.05) is 40.9 Å². The van der Waals surface area contributed by atoms with E-state index in [0.717, 1.165) is 83.5 Å². The van der Waals surface area contributed by atoms with Gasteiger partial charge in [0.2, 0.25) is 5.91 Å². The fraction of sp³-hybridized carbons (Fsp3) is 0.841. The third-order valence-corrected chi connectivity index (χ3v) is 14.7. The minimum Gasteiger partial charge on any atom is -0.756 e. The standard InChI is InChI=1S/C63H119N2O7P/c1-7-10-13-16-19-22-25-28-30-31-32-33-34-35-36-37-40-43-46-49-52-55-62(66)64-60(59-71-73(68,69)70-58-57-65(4,5)6)61(54-51-48-45-42-39-27-24-21-18-15-12-9-3)72-63(67)56-53-50-47-44-41-38-29-26-23-20-17-14-11-8-2/h11,14,20,23,28,30,51,54,60-61H,7-10,12-13,15-19,21-22,24-27,29,31-50,52-53,55-59H2,1-6H3,(H-,64,66,68,69)/b14-11+,23-20+,30-28+,54-51-. The zero-order chi connectivity index (χ0) is 53.6. The van der Waals surface area contributed by atoms with Gasteiger partial charge in [-0.1, -0.05) is 243 Å². The van der Waals surface area contributed by atoms with Crippen molar-refractivity contribution >= 4 is 19.7 Å². The molecule has 0 aliphatic heterocycles. The molecule has 0 radical (unpaired) electrons. The van der Waals surface area contributed by atoms with Crippen molar-refractivity contribution in [3.05, 3.63) is 48.6 Å². The highest BCUT2D eigenvalue weighted by Gasteiger charge is 2.27. The molecule has 3 atom stereocenters. The maximum Gasteiger partial charge on any atom is 0.306 e. The number of carbonyl (C=O) groups is 2. The first-order valence-electron chi connectivity index (χ1n) is 30.9. The van der Waals surface area contributed by atoms with Crippen molar-refractivity contribution in [3.63, 3.8) is 0 Å². The number of unbranched alkanes of at least 4 members (excludes halogenated alkanes) is 34. The van der Waals surface area contributed by atoms with Crippen LogP contribution in [0.2, 0.25) is 0 Å². The van der Waals surface area contributed by atoms with Crippen molar-refractivity contribution in [2.24, 2.45) is 0 Å². The van der Waals surface area contributed by atoms with Crippen molar-refractivity contribution in [1.82, 2.24) is 5.32 Å². The average molecular weight is 1050 g/mol. The highest BCUT2D eigenvalue weighted by Crippen LogP contribution is 2.38. The van der Waals surface area contributed by atoms with E-state index in [-0.39, 0.29) is 31.5 Å². The molecule has 0 fully saturated rings. The topological polar surface area (TPSA) is 114 Å². The summed E-state index contributed by atoms with van der Waals surface area (Å²) in [7, 11) is 1.18. The molecule has 0 saturated heterocycles. The van der Waals surface area contributed by atoms with Gasteiger partial charge in [0.15, 0.2) is 0 Å². The zero-order valence-corrected chi connectivity index (χ0v) is 49.7. The number of nitrogens with zero attached hydrogens (tertiary/aromatic N) is 1. The van der Waals surface area contributed by atoms with Crippen molar-refractivity contribution in [3.8, 4) is 0 Å². The van der Waals surface area contributed by atoms with Crippen molar-refractivity contribution in [2.45, 2.75) is 303 Å². The van der Waals surface area contributed by atoms with Crippen LogP contribution in [0.3, 0.4) is 0 Å². The summed E-state index contributed by atoms with van der Waals surface area (Å²) in [5.74, 6) is -0.544. The molecule has 0 spiro atoms. The second-order valence-electron chi connectivity index (χ2n) is 22.2. The summed E-state index contributed by atoms with van der Waals surface area (Å²) < 4.78 is 30.3. The van der Waals surface area contributed by atoms with E-state index >= 15 is 0 Å². The number of phosphoric ester groups is 1. The number of allylic oxidation sites excluding steroid dienone is 7. The summed E-state index contributed by atoms with van der Waals surface area (Å²) in [6.45, 7) is 6.75. The van der Waals surface area contributed by atoms with E-state index in [4.69, 9.17) is 13.8 Å². The molecule has 0 aromatic carbocycles. The van der Waals surface area contributed by atoms with Crippen molar-refractivity contribution in [1.29, 1.82) is 0 Å². The number of quaternary nitrogens is 1. The Morgan fingerprint density at radius 1 is 0.493 bits per heavy atom. The van der Waals surface area contributed by atoms with Crippen LogP contribution in [0.1, 0.15) is 290 Å². The second-order valence-corrected chi connectivity index (χ2v) is 23.6. The van der Waals surface area contributed by atoms with Gasteiger partial charge in [-0.2, -0.15) is 0 Å². The van der Waals surface area contributed by atoms with E-state index in [1.807, 2.05) is 33.3 Å². The molecule has 1 N–H and O–H groups in total. The summed E-state index contributed by atoms with van der Waals surface area (Å²) in [4.78, 5) is 39.9. The van der Waals surface area contributed by atoms with Gasteiger partial charge in [0.05, 0.1) is 33.8 Å². The zero-order valence-electron chi connectivity index (χ0n) is 48.8. The van der Waals surface area contributed by atoms with Crippen LogP contribution >= 0.6 is 7.82 Å². The lowest BCUT2D eigenvalue weighted by Gasteiger charge is -2.30. The fourth-order valence-corrected chi connectivity index (χ4v) is 9.69. The number of carbonyl (C=O) groups excluding carboxylic acids is 2. The maximum absolute atomic E-state index is 13.5. The number of hydrogen-bond donors (Lipinski definition) is 1. The molecule has 0 bridgehead atoms. The lowest BCUT2D eigenvalue weighted by Crippen LogP contribution is -2.47. The minimum atomic E-state index is -4.70. The predicted molar refractivity (Wildman–Crippen MR) is 312 cm³/mol. The lowest BCUT2D eigenvalue weighted by atomic mass is 10.0. The van der Waals surface area contributed by atoms with Crippen LogP contribution in [0.4, 0.5) is 0 Å². The van der Waals surface area contributed by atoms with Crippen molar-refractivity contribution < 1.29 is 37.3 Å². The van der Waals surface area contributed by atoms with Gasteiger partial charge >= 0.3 is 5.97 Å². The molecule has 0 aromatic heterocycles. The van der Waals surface area contributed by atoms with Gasteiger partial charge in [-0.3, -0.25) is 14.2 Å². The molecular formula is C63H119N2O7P. The second kappa shape index (κ2) is 53.4. The third kappa shape index (κ3) is 54.6. The SMILES string of the molecule is CC/C=C/C/C=C/CCCCCCCCCC(=O)OC(/C=C\CCCCCCCCCCCC)C(COP(=O)([O-])OCC[N+](C)(C)C)NC(=O)CCCCCCCCCCCCC/C=C/CCCCCCCC. The Morgan fingerprint density at radius 3 is 1.32 bits per heavy atom. The van der Waals surface area contributed by atoms with Gasteiger partial charge in [0.1, 0.15) is 19.3 Å². The van der Waals surface area contributed by atoms with E-state index < -0.39 is 20.0 Å². The molecule has 0 aliphatic rings. The first-order chi connectivity index (χ1) is 35.4. The molecule has 10 heteroatoms. The highest BCUT2D eigenvalue weighted by atomic mass is 31.2. The summed E-state index contributed by atoms with van der Waals surface area (Å²) in [5.41, 5.74) is 0. The van der Waals surface area contributed by atoms with E-state index in [2.05, 4.69) is 62.5 Å². The molecule has 1 amide bonds. The number of likely N-dealkylation sites (N-methyl/N-ethyl adjacent to an activating group) is 1. The fourth-order valence-electron chi connectivity index (χ4n) is 8.97. The van der Waals surface area contributed by atoms with Crippen LogP contribution in [0, 0.1) is 0 Å². The highest BCUT2D eigenvalue weighted by molar-refractivity contribution is 7.45. The van der Waals surface area contributed by atoms with Gasteiger partial charge in [-0.05, 0) is 83.1 Å². The van der Waals surface area contributed by atoms with Gasteiger partial charge in [-0.25, -0.2) is 0 Å². The molecular weight excluding hydrogens is 928 g/mol. The molecule has 0 rings (SSSR count). The largest absolute Gasteiger partial charge is 0.756 e. The van der Waals surface area contributed by atoms with Crippen LogP contribution in [0.5, 0.6) is 0 Å². The van der Waals surface area contributed by atoms with Gasteiger partial charge in [-0.15, -0.1) is 0 Å². The number of phosphoric acid groups is 1. The van der Waals surface area contributed by atoms with Crippen LogP contribution in [0.15, 0.2) is 48.6 Å². The Balaban J connectivity index is 5.20. The lowest BCUT2D eigenvalue weighted by molar-refractivity contribution is -0.870. The molecule has 3 unspecified atom stereocenters. The summed E-state index contributed by atoms with van der Waals surface area (Å²) in [6, 6.07) is -0.890. The normalized spacial score (nSPS) is 14.0. The van der Waals surface area contributed by atoms with E-state index in [1.165, 1.54) is 173 Å². The van der Waals surface area contributed by atoms with E-state index in [0.29, 0.717) is 17.4 Å². The maximum atomic E-state index is 13.5. The molecule has 0 aromatic rings. The summed E-state index contributed by atoms with van der Waals surface area (Å²) in [6.07, 6.45) is 65.1. The third-order valence-electron chi connectivity index (χ3n) is 13.7. The molecule has 0 heterocycles. The Bertz CT molecular complexity index is 1390. The number of amides is 1. The van der Waals surface area contributed by atoms with Crippen LogP contribution in [-0.4, -0.2) is 69.4 Å². The Labute approximate surface area is 452 Å². The van der Waals surface area contributed by atoms with Crippen LogP contribution in [-0.2, 0) is 27.9 Å². The monoisotopic (exact) mass is 1050 g/mol. The Kier molecular flexibility index (Phi) is 51.9. The molecule has 9 nitrogen and oxygen atoms in total. The van der Waals surface area contributed by atoms with Gasteiger partial charge in [0, 0.05) is 12.8 Å². The summed E-state index contributed by atoms with van der Waals surface area (Å²) >= 11 is 0. The Morgan fingerprint density at radius 2 is 0.877 bits per heavy atom. The van der Waals surface area contributed by atoms with Crippen LogP contribution in [0.25, 0.3) is 0 Å². The average Bonchev–Trinajstić information content (AvgIpc) is 3.35. The quantitative estimate of drug-likeness (QED) is 0.0212. The molecule has 0 aliphatic carbocycles. The number of hydrogen-bond acceptors (Lipinski definition) is 7. The molecule has 428 valence electrons. The Hall–Kier alpha value is -2.03. The predicted octanol–water partition coefficient (Wildman–Crippen LogP) is 18.3. The van der Waals surface area contributed by atoms with Crippen LogP contribution < -0.4 is 10.2 Å². The molecule has 73 heavy (non-hydrogen) atoms. The number of esters is 1. The van der Waals surface area contributed by atoms with Gasteiger partial charge < -0.3 is 28.5 Å². The van der Waals surface area contributed by atoms with E-state index in [9.17, 15) is 19.0 Å².